The summed E-state index contributed by atoms with van der Waals surface area (Å²) in [5.74, 6) is 3.30. The van der Waals surface area contributed by atoms with Crippen molar-refractivity contribution < 1.29 is 4.52 Å². The molecule has 2 aliphatic rings. The Hall–Kier alpha value is -3.76. The average molecular weight is 546 g/mol. The summed E-state index contributed by atoms with van der Waals surface area (Å²) in [6, 6.07) is 6.22. The number of nitrogens with one attached hydrogen (secondary N) is 2. The molecular weight excluding hydrogens is 506 g/mol. The predicted molar refractivity (Wildman–Crippen MR) is 154 cm³/mol. The molecule has 40 heavy (non-hydrogen) atoms. The van der Waals surface area contributed by atoms with Crippen molar-refractivity contribution in [2.45, 2.75) is 84.3 Å². The van der Waals surface area contributed by atoms with Gasteiger partial charge in [0.15, 0.2) is 11.5 Å². The molecule has 6 rings (SSSR count). The molecule has 0 aromatic carbocycles. The Kier molecular flexibility index (Phi) is 7.29. The van der Waals surface area contributed by atoms with Crippen molar-refractivity contribution in [1.29, 1.82) is 0 Å². The zero-order valence-electron chi connectivity index (χ0n) is 23.8. The molecule has 0 aliphatic heterocycles. The zero-order valence-corrected chi connectivity index (χ0v) is 23.8. The van der Waals surface area contributed by atoms with E-state index in [9.17, 15) is 4.79 Å². The van der Waals surface area contributed by atoms with Gasteiger partial charge in [0, 0.05) is 25.8 Å². The van der Waals surface area contributed by atoms with Gasteiger partial charge in [-0.1, -0.05) is 37.4 Å². The van der Waals surface area contributed by atoms with Crippen LogP contribution < -0.4 is 16.0 Å². The highest BCUT2D eigenvalue weighted by Crippen LogP contribution is 2.37. The molecular formula is C29H39N9O2. The van der Waals surface area contributed by atoms with Gasteiger partial charge in [0.25, 0.3) is 0 Å². The van der Waals surface area contributed by atoms with Gasteiger partial charge in [-0.25, -0.2) is 14.8 Å². The van der Waals surface area contributed by atoms with Crippen LogP contribution in [0.4, 0.5) is 11.8 Å². The van der Waals surface area contributed by atoms with Crippen LogP contribution in [0.2, 0.25) is 0 Å². The monoisotopic (exact) mass is 545 g/mol. The first-order chi connectivity index (χ1) is 19.4. The number of hydrogen-bond acceptors (Lipinski definition) is 9. The number of hydrogen-bond donors (Lipinski definition) is 2. The number of aromatic amines is 1. The largest absolute Gasteiger partial charge is 0.439 e. The van der Waals surface area contributed by atoms with E-state index in [0.29, 0.717) is 23.3 Å². The maximum Gasteiger partial charge on any atom is 0.439 e. The minimum Gasteiger partial charge on any atom is -0.365 e. The summed E-state index contributed by atoms with van der Waals surface area (Å²) in [6.07, 6.45) is 10.4. The number of imidazole rings is 1. The molecule has 0 saturated heterocycles. The topological polar surface area (TPSA) is 131 Å². The standard InChI is InChI=1S/C29H39N9O2/c1-17-11-13-20(14-12-17)16-38-23-24(31-18(2)21-8-7-9-21)32-26(27-35-29(39)40-36-27)33-25(23)34-28(38)37(4)19(3)22-10-5-6-15-30-22/h5-6,10,15,17-21H,7-9,11-14,16H2,1-4H3,(H,31,32,33)(H,35,36,39). The fourth-order valence-corrected chi connectivity index (χ4v) is 6.04. The highest BCUT2D eigenvalue weighted by Gasteiger charge is 2.30. The van der Waals surface area contributed by atoms with Gasteiger partial charge >= 0.3 is 5.76 Å². The van der Waals surface area contributed by atoms with Gasteiger partial charge in [0.05, 0.1) is 11.7 Å². The number of H-pyrrole nitrogens is 1. The highest BCUT2D eigenvalue weighted by atomic mass is 16.5. The van der Waals surface area contributed by atoms with Crippen LogP contribution in [0.3, 0.4) is 0 Å². The molecule has 11 nitrogen and oxygen atoms in total. The third-order valence-corrected chi connectivity index (χ3v) is 9.04. The molecule has 2 fully saturated rings. The molecule has 11 heteroatoms. The Labute approximate surface area is 233 Å². The second kappa shape index (κ2) is 11.0. The number of fused-ring (bicyclic) bond motifs is 1. The minimum absolute atomic E-state index is 0.00669. The quantitative estimate of drug-likeness (QED) is 0.292. The maximum atomic E-state index is 11.7. The van der Waals surface area contributed by atoms with E-state index in [-0.39, 0.29) is 23.7 Å². The van der Waals surface area contributed by atoms with E-state index in [1.54, 1.807) is 0 Å². The molecule has 4 heterocycles. The zero-order chi connectivity index (χ0) is 27.8. The first kappa shape index (κ1) is 26.5. The first-order valence-electron chi connectivity index (χ1n) is 14.6. The number of pyridine rings is 1. The lowest BCUT2D eigenvalue weighted by atomic mass is 9.80. The van der Waals surface area contributed by atoms with Crippen molar-refractivity contribution >= 4 is 22.9 Å². The van der Waals surface area contributed by atoms with E-state index in [2.05, 4.69) is 57.7 Å². The molecule has 2 aliphatic carbocycles. The fraction of sp³-hybridized carbons (Fsp3) is 0.586. The van der Waals surface area contributed by atoms with Crippen LogP contribution in [-0.4, -0.2) is 47.7 Å². The van der Waals surface area contributed by atoms with Crippen molar-refractivity contribution in [3.8, 4) is 11.6 Å². The summed E-state index contributed by atoms with van der Waals surface area (Å²) >= 11 is 0. The van der Waals surface area contributed by atoms with Crippen LogP contribution in [0.1, 0.15) is 77.5 Å². The Balaban J connectivity index is 1.48. The molecule has 0 amide bonds. The van der Waals surface area contributed by atoms with Crippen LogP contribution in [0, 0.1) is 17.8 Å². The Morgan fingerprint density at radius 1 is 1.12 bits per heavy atom. The van der Waals surface area contributed by atoms with Gasteiger partial charge in [-0.2, -0.15) is 4.98 Å². The second-order valence-corrected chi connectivity index (χ2v) is 11.8. The summed E-state index contributed by atoms with van der Waals surface area (Å²) in [5.41, 5.74) is 2.42. The van der Waals surface area contributed by atoms with E-state index >= 15 is 0 Å². The molecule has 4 aromatic rings. The van der Waals surface area contributed by atoms with E-state index in [4.69, 9.17) is 19.5 Å². The van der Waals surface area contributed by atoms with Crippen LogP contribution >= 0.6 is 0 Å². The normalized spacial score (nSPS) is 21.2. The van der Waals surface area contributed by atoms with Crippen molar-refractivity contribution in [3.05, 3.63) is 40.6 Å². The summed E-state index contributed by atoms with van der Waals surface area (Å²) in [5, 5.41) is 7.57. The minimum atomic E-state index is -0.641. The molecule has 4 aromatic heterocycles. The van der Waals surface area contributed by atoms with Crippen LogP contribution in [-0.2, 0) is 6.54 Å². The molecule has 2 unspecified atom stereocenters. The van der Waals surface area contributed by atoms with Crippen molar-refractivity contribution in [3.63, 3.8) is 0 Å². The first-order valence-corrected chi connectivity index (χ1v) is 14.6. The van der Waals surface area contributed by atoms with Gasteiger partial charge in [-0.15, -0.1) is 0 Å². The van der Waals surface area contributed by atoms with E-state index in [0.717, 1.165) is 29.6 Å². The Morgan fingerprint density at radius 2 is 1.93 bits per heavy atom. The summed E-state index contributed by atoms with van der Waals surface area (Å²) in [4.78, 5) is 35.9. The number of rotatable bonds is 9. The lowest BCUT2D eigenvalue weighted by Gasteiger charge is -2.33. The molecule has 2 atom stereocenters. The van der Waals surface area contributed by atoms with Crippen LogP contribution in [0.25, 0.3) is 22.8 Å². The Morgan fingerprint density at radius 3 is 2.58 bits per heavy atom. The van der Waals surface area contributed by atoms with Crippen LogP contribution in [0.5, 0.6) is 0 Å². The van der Waals surface area contributed by atoms with Gasteiger partial charge < -0.3 is 14.8 Å². The summed E-state index contributed by atoms with van der Waals surface area (Å²) in [6.45, 7) is 7.55. The SMILES string of the molecule is CC1CCC(Cn2c(N(C)C(C)c3ccccn3)nc3nc(-c4noc(=O)[nH]4)nc(NC(C)C4CCC4)c32)CC1. The van der Waals surface area contributed by atoms with Crippen molar-refractivity contribution in [2.75, 3.05) is 17.3 Å². The van der Waals surface area contributed by atoms with E-state index < -0.39 is 5.76 Å². The molecule has 2 N–H and O–H groups in total. The maximum absolute atomic E-state index is 11.7. The lowest BCUT2D eigenvalue weighted by Crippen LogP contribution is -2.31. The predicted octanol–water partition coefficient (Wildman–Crippen LogP) is 5.19. The third kappa shape index (κ3) is 5.21. The molecule has 2 saturated carbocycles. The van der Waals surface area contributed by atoms with Gasteiger partial charge in [0.1, 0.15) is 5.52 Å². The smallest absolute Gasteiger partial charge is 0.365 e. The van der Waals surface area contributed by atoms with Crippen molar-refractivity contribution in [2.24, 2.45) is 17.8 Å². The second-order valence-electron chi connectivity index (χ2n) is 11.8. The van der Waals surface area contributed by atoms with Gasteiger partial charge in [-0.05, 0) is 69.4 Å². The highest BCUT2D eigenvalue weighted by molar-refractivity contribution is 5.87. The summed E-state index contributed by atoms with van der Waals surface area (Å²) < 4.78 is 7.08. The van der Waals surface area contributed by atoms with Crippen molar-refractivity contribution in [1.82, 2.24) is 34.6 Å². The summed E-state index contributed by atoms with van der Waals surface area (Å²) in [7, 11) is 2.06. The number of aromatic nitrogens is 7. The molecule has 0 radical (unpaired) electrons. The van der Waals surface area contributed by atoms with Crippen LogP contribution in [0.15, 0.2) is 33.7 Å². The molecule has 0 bridgehead atoms. The number of nitrogens with zero attached hydrogens (tertiary/aromatic N) is 7. The lowest BCUT2D eigenvalue weighted by molar-refractivity contribution is 0.266. The third-order valence-electron chi connectivity index (χ3n) is 9.04. The van der Waals surface area contributed by atoms with E-state index in [1.807, 2.05) is 24.4 Å². The van der Waals surface area contributed by atoms with E-state index in [1.165, 1.54) is 44.9 Å². The number of anilines is 2. The van der Waals surface area contributed by atoms with Gasteiger partial charge in [-0.3, -0.25) is 14.5 Å². The molecule has 0 spiro atoms. The molecule has 212 valence electrons. The van der Waals surface area contributed by atoms with Gasteiger partial charge in [0.2, 0.25) is 17.6 Å². The Bertz CT molecular complexity index is 1500. The fourth-order valence-electron chi connectivity index (χ4n) is 6.04. The average Bonchev–Trinajstić information content (AvgIpc) is 3.52.